The highest BCUT2D eigenvalue weighted by Gasteiger charge is 2.42. The Kier molecular flexibility index (Phi) is 5.03. The van der Waals surface area contributed by atoms with Crippen LogP contribution in [-0.2, 0) is 0 Å². The number of carbonyl (C=O) groups excluding carboxylic acids is 1. The van der Waals surface area contributed by atoms with Crippen molar-refractivity contribution in [3.05, 3.63) is 59.8 Å². The summed E-state index contributed by atoms with van der Waals surface area (Å²) in [6.45, 7) is 3.29. The lowest BCUT2D eigenvalue weighted by atomic mass is 9.91. The minimum atomic E-state index is -4.96. The van der Waals surface area contributed by atoms with Gasteiger partial charge in [0.05, 0.1) is 11.1 Å². The van der Waals surface area contributed by atoms with E-state index in [0.29, 0.717) is 22.0 Å². The van der Waals surface area contributed by atoms with E-state index in [-0.39, 0.29) is 11.3 Å². The molecule has 0 bridgehead atoms. The Morgan fingerprint density at radius 2 is 1.69 bits per heavy atom. The number of anilines is 1. The second-order valence-electron chi connectivity index (χ2n) is 7.39. The number of piperidine rings is 1. The van der Waals surface area contributed by atoms with Gasteiger partial charge < -0.3 is 4.90 Å². The molecule has 2 heterocycles. The highest BCUT2D eigenvalue weighted by molar-refractivity contribution is 6.13. The molecule has 0 unspecified atom stereocenters. The van der Waals surface area contributed by atoms with E-state index >= 15 is 0 Å². The third kappa shape index (κ3) is 3.71. The van der Waals surface area contributed by atoms with Gasteiger partial charge in [0.15, 0.2) is 0 Å². The monoisotopic (exact) mass is 398 g/mol. The number of carbonyl (C=O) groups is 1. The lowest BCUT2D eigenvalue weighted by molar-refractivity contribution is -0.0885. The first-order valence-electron chi connectivity index (χ1n) is 9.72. The molecule has 3 nitrogen and oxygen atoms in total. The van der Waals surface area contributed by atoms with E-state index in [1.807, 2.05) is 18.2 Å². The van der Waals surface area contributed by atoms with E-state index < -0.39 is 12.0 Å². The largest absolute Gasteiger partial charge is 0.454 e. The van der Waals surface area contributed by atoms with Gasteiger partial charge in [0, 0.05) is 35.4 Å². The fraction of sp³-hybridized carbons (Fsp3) is 0.304. The summed E-state index contributed by atoms with van der Waals surface area (Å²) >= 11 is 0. The van der Waals surface area contributed by atoms with Gasteiger partial charge in [0.25, 0.3) is 5.78 Å². The molecule has 0 aliphatic carbocycles. The first-order chi connectivity index (χ1) is 13.9. The molecular weight excluding hydrogens is 377 g/mol. The van der Waals surface area contributed by atoms with Crippen LogP contribution in [0, 0.1) is 6.92 Å². The number of rotatable bonds is 3. The van der Waals surface area contributed by atoms with Gasteiger partial charge in [0.2, 0.25) is 0 Å². The van der Waals surface area contributed by atoms with E-state index in [1.54, 1.807) is 30.3 Å². The maximum absolute atomic E-state index is 13.4. The predicted octanol–water partition coefficient (Wildman–Crippen LogP) is 5.95. The van der Waals surface area contributed by atoms with Gasteiger partial charge in [-0.05, 0) is 49.9 Å². The lowest BCUT2D eigenvalue weighted by Crippen LogP contribution is -2.29. The second-order valence-corrected chi connectivity index (χ2v) is 7.39. The van der Waals surface area contributed by atoms with Crippen LogP contribution in [0.2, 0.25) is 0 Å². The number of aryl methyl sites for hydroxylation is 1. The average molecular weight is 398 g/mol. The molecule has 0 N–H and O–H groups in total. The summed E-state index contributed by atoms with van der Waals surface area (Å²) < 4.78 is 40.2. The quantitative estimate of drug-likeness (QED) is 0.512. The van der Waals surface area contributed by atoms with Crippen LogP contribution in [0.1, 0.15) is 35.3 Å². The Labute approximate surface area is 167 Å². The molecule has 29 heavy (non-hydrogen) atoms. The zero-order chi connectivity index (χ0) is 20.6. The molecular formula is C23H21F3N2O. The number of hydrogen-bond acceptors (Lipinski definition) is 3. The van der Waals surface area contributed by atoms with E-state index in [2.05, 4.69) is 9.88 Å². The van der Waals surface area contributed by atoms with Crippen molar-refractivity contribution in [2.45, 2.75) is 32.4 Å². The van der Waals surface area contributed by atoms with Gasteiger partial charge >= 0.3 is 6.18 Å². The van der Waals surface area contributed by atoms with E-state index in [4.69, 9.17) is 0 Å². The van der Waals surface area contributed by atoms with Crippen molar-refractivity contribution in [1.29, 1.82) is 0 Å². The summed E-state index contributed by atoms with van der Waals surface area (Å²) in [6.07, 6.45) is -1.60. The Bertz CT molecular complexity index is 1060. The zero-order valence-corrected chi connectivity index (χ0v) is 16.1. The van der Waals surface area contributed by atoms with Crippen LogP contribution in [-0.4, -0.2) is 30.0 Å². The SMILES string of the molecule is Cc1nc2ccc(N3CCCCC3)cc2c(-c2ccccc2)c1C(=O)C(F)(F)F. The molecule has 0 saturated carbocycles. The molecule has 0 atom stereocenters. The van der Waals surface area contributed by atoms with E-state index in [1.165, 1.54) is 13.3 Å². The Morgan fingerprint density at radius 1 is 1.00 bits per heavy atom. The number of Topliss-reactive ketones (excluding diaryl/α,β-unsaturated/α-hetero) is 1. The maximum atomic E-state index is 13.4. The van der Waals surface area contributed by atoms with Gasteiger partial charge in [-0.15, -0.1) is 0 Å². The molecule has 6 heteroatoms. The molecule has 1 aromatic heterocycles. The Hall–Kier alpha value is -2.89. The number of hydrogen-bond donors (Lipinski definition) is 0. The summed E-state index contributed by atoms with van der Waals surface area (Å²) in [7, 11) is 0. The van der Waals surface area contributed by atoms with E-state index in [0.717, 1.165) is 31.6 Å². The number of ketones is 1. The van der Waals surface area contributed by atoms with E-state index in [9.17, 15) is 18.0 Å². The number of nitrogens with zero attached hydrogens (tertiary/aromatic N) is 2. The first-order valence-corrected chi connectivity index (χ1v) is 9.72. The molecule has 1 aliphatic rings. The smallest absolute Gasteiger partial charge is 0.372 e. The number of alkyl halides is 3. The number of fused-ring (bicyclic) bond motifs is 1. The highest BCUT2D eigenvalue weighted by atomic mass is 19.4. The molecule has 1 aliphatic heterocycles. The standard InChI is InChI=1S/C23H21F3N2O/c1-15-20(22(29)23(24,25)26)21(16-8-4-2-5-9-16)18-14-17(10-11-19(18)27-15)28-12-6-3-7-13-28/h2,4-5,8-11,14H,3,6-7,12-13H2,1H3. The fourth-order valence-electron chi connectivity index (χ4n) is 4.05. The molecule has 4 rings (SSSR count). The minimum absolute atomic E-state index is 0.0874. The van der Waals surface area contributed by atoms with Gasteiger partial charge in [-0.25, -0.2) is 0 Å². The van der Waals surface area contributed by atoms with Crippen molar-refractivity contribution in [3.8, 4) is 11.1 Å². The van der Waals surface area contributed by atoms with Gasteiger partial charge in [-0.3, -0.25) is 9.78 Å². The minimum Gasteiger partial charge on any atom is -0.372 e. The van der Waals surface area contributed by atoms with Crippen molar-refractivity contribution >= 4 is 22.4 Å². The Balaban J connectivity index is 2.01. The summed E-state index contributed by atoms with van der Waals surface area (Å²) in [5, 5.41) is 0.567. The topological polar surface area (TPSA) is 33.2 Å². The Morgan fingerprint density at radius 3 is 2.34 bits per heavy atom. The van der Waals surface area contributed by atoms with Crippen molar-refractivity contribution in [2.75, 3.05) is 18.0 Å². The summed E-state index contributed by atoms with van der Waals surface area (Å²) in [4.78, 5) is 18.9. The molecule has 2 aromatic carbocycles. The third-order valence-corrected chi connectivity index (χ3v) is 5.42. The van der Waals surface area contributed by atoms with Crippen LogP contribution in [0.3, 0.4) is 0 Å². The molecule has 0 spiro atoms. The molecule has 1 saturated heterocycles. The predicted molar refractivity (Wildman–Crippen MR) is 108 cm³/mol. The molecule has 0 amide bonds. The molecule has 150 valence electrons. The van der Waals surface area contributed by atoms with Crippen molar-refractivity contribution < 1.29 is 18.0 Å². The number of benzene rings is 2. The fourth-order valence-corrected chi connectivity index (χ4v) is 4.05. The highest BCUT2D eigenvalue weighted by Crippen LogP contribution is 2.38. The molecule has 1 fully saturated rings. The van der Waals surface area contributed by atoms with Crippen LogP contribution >= 0.6 is 0 Å². The summed E-state index contributed by atoms with van der Waals surface area (Å²) in [5.41, 5.74) is 2.13. The number of aromatic nitrogens is 1. The average Bonchev–Trinajstić information content (AvgIpc) is 2.72. The van der Waals surface area contributed by atoms with Gasteiger partial charge in [0.1, 0.15) is 0 Å². The van der Waals surface area contributed by atoms with Crippen LogP contribution in [0.4, 0.5) is 18.9 Å². The van der Waals surface area contributed by atoms with Gasteiger partial charge in [-0.2, -0.15) is 13.2 Å². The zero-order valence-electron chi connectivity index (χ0n) is 16.1. The summed E-state index contributed by atoms with van der Waals surface area (Å²) in [6, 6.07) is 14.4. The van der Waals surface area contributed by atoms with Crippen molar-refractivity contribution in [1.82, 2.24) is 4.98 Å². The normalized spacial score (nSPS) is 15.0. The number of pyridine rings is 1. The van der Waals surface area contributed by atoms with Crippen molar-refractivity contribution in [3.63, 3.8) is 0 Å². The van der Waals surface area contributed by atoms with Crippen LogP contribution in [0.5, 0.6) is 0 Å². The first kappa shape index (κ1) is 19.4. The van der Waals surface area contributed by atoms with Crippen LogP contribution in [0.25, 0.3) is 22.0 Å². The van der Waals surface area contributed by atoms with Crippen molar-refractivity contribution in [2.24, 2.45) is 0 Å². The lowest BCUT2D eigenvalue weighted by Gasteiger charge is -2.29. The molecule has 3 aromatic rings. The van der Waals surface area contributed by atoms with Crippen LogP contribution < -0.4 is 4.90 Å². The maximum Gasteiger partial charge on any atom is 0.454 e. The second kappa shape index (κ2) is 7.50. The number of halogens is 3. The third-order valence-electron chi connectivity index (χ3n) is 5.42. The van der Waals surface area contributed by atoms with Gasteiger partial charge in [-0.1, -0.05) is 30.3 Å². The summed E-state index contributed by atoms with van der Waals surface area (Å²) in [5.74, 6) is -1.85. The van der Waals surface area contributed by atoms with Crippen LogP contribution in [0.15, 0.2) is 48.5 Å². The molecule has 0 radical (unpaired) electrons.